The fourth-order valence-corrected chi connectivity index (χ4v) is 1.00. The van der Waals surface area contributed by atoms with Gasteiger partial charge in [0.05, 0.1) is 6.61 Å². The Hall–Kier alpha value is -0.340. The molecule has 0 aliphatic carbocycles. The lowest BCUT2D eigenvalue weighted by Crippen LogP contribution is -2.37. The van der Waals surface area contributed by atoms with Gasteiger partial charge in [-0.3, -0.25) is 0 Å². The van der Waals surface area contributed by atoms with Crippen LogP contribution in [-0.2, 0) is 4.74 Å². The van der Waals surface area contributed by atoms with Crippen molar-refractivity contribution in [3.05, 3.63) is 12.2 Å². The van der Waals surface area contributed by atoms with E-state index < -0.39 is 0 Å². The normalized spacial score (nSPS) is 14.4. The van der Waals surface area contributed by atoms with Gasteiger partial charge in [0.15, 0.2) is 0 Å². The van der Waals surface area contributed by atoms with E-state index in [2.05, 4.69) is 31.3 Å². The molecule has 1 unspecified atom stereocenters. The average Bonchev–Trinajstić information content (AvgIpc) is 2.03. The summed E-state index contributed by atoms with van der Waals surface area (Å²) in [6.45, 7) is 8.15. The Balaban J connectivity index is 3.63. The van der Waals surface area contributed by atoms with Gasteiger partial charge in [0.25, 0.3) is 0 Å². The molecule has 2 heteroatoms. The summed E-state index contributed by atoms with van der Waals surface area (Å²) >= 11 is 0. The molecule has 0 aromatic rings. The molecule has 1 atom stereocenters. The smallest absolute Gasteiger partial charge is 0.0618 e. The molecule has 0 saturated heterocycles. The largest absolute Gasteiger partial charge is 0.383 e. The second-order valence-electron chi connectivity index (χ2n) is 3.28. The summed E-state index contributed by atoms with van der Waals surface area (Å²) in [7, 11) is 1.74. The van der Waals surface area contributed by atoms with Crippen molar-refractivity contribution in [3.8, 4) is 0 Å². The maximum absolute atomic E-state index is 5.11. The van der Waals surface area contributed by atoms with Crippen LogP contribution < -0.4 is 5.32 Å². The van der Waals surface area contributed by atoms with Crippen molar-refractivity contribution >= 4 is 0 Å². The molecule has 0 aromatic heterocycles. The topological polar surface area (TPSA) is 21.3 Å². The first-order valence-corrected chi connectivity index (χ1v) is 4.55. The van der Waals surface area contributed by atoms with Crippen LogP contribution in [0.4, 0.5) is 0 Å². The number of rotatable bonds is 6. The van der Waals surface area contributed by atoms with Crippen LogP contribution in [0.5, 0.6) is 0 Å². The lowest BCUT2D eigenvalue weighted by molar-refractivity contribution is 0.149. The zero-order valence-corrected chi connectivity index (χ0v) is 8.63. The van der Waals surface area contributed by atoms with Crippen LogP contribution in [0.1, 0.15) is 20.8 Å². The minimum atomic E-state index is 0.464. The van der Waals surface area contributed by atoms with Gasteiger partial charge in [-0.15, -0.1) is 0 Å². The van der Waals surface area contributed by atoms with Crippen molar-refractivity contribution in [2.24, 2.45) is 5.92 Å². The van der Waals surface area contributed by atoms with Gasteiger partial charge in [-0.05, 0) is 12.8 Å². The summed E-state index contributed by atoms with van der Waals surface area (Å²) in [6.07, 6.45) is 4.17. The average molecular weight is 171 g/mol. The van der Waals surface area contributed by atoms with Gasteiger partial charge in [0, 0.05) is 19.7 Å². The lowest BCUT2D eigenvalue weighted by Gasteiger charge is -2.20. The van der Waals surface area contributed by atoms with Gasteiger partial charge < -0.3 is 10.1 Å². The van der Waals surface area contributed by atoms with Gasteiger partial charge in [-0.1, -0.05) is 26.0 Å². The van der Waals surface area contributed by atoms with Crippen LogP contribution in [0, 0.1) is 5.92 Å². The Kier molecular flexibility index (Phi) is 7.11. The minimum Gasteiger partial charge on any atom is -0.383 e. The molecular formula is C10H21NO. The Morgan fingerprint density at radius 3 is 2.50 bits per heavy atom. The summed E-state index contributed by atoms with van der Waals surface area (Å²) in [5.74, 6) is 0.621. The summed E-state index contributed by atoms with van der Waals surface area (Å²) in [5, 5.41) is 3.41. The van der Waals surface area contributed by atoms with E-state index >= 15 is 0 Å². The van der Waals surface area contributed by atoms with Crippen LogP contribution >= 0.6 is 0 Å². The Bertz CT molecular complexity index is 121. The summed E-state index contributed by atoms with van der Waals surface area (Å²) in [5.41, 5.74) is 0. The molecule has 0 fully saturated rings. The zero-order valence-electron chi connectivity index (χ0n) is 8.63. The summed E-state index contributed by atoms with van der Waals surface area (Å²) < 4.78 is 5.11. The number of nitrogens with one attached hydrogen (secondary N) is 1. The van der Waals surface area contributed by atoms with Crippen LogP contribution in [0.15, 0.2) is 12.2 Å². The fraction of sp³-hybridized carbons (Fsp3) is 0.800. The lowest BCUT2D eigenvalue weighted by atomic mass is 10.1. The molecule has 2 nitrogen and oxygen atoms in total. The molecule has 0 aliphatic rings. The molecule has 1 N–H and O–H groups in total. The highest BCUT2D eigenvalue weighted by Gasteiger charge is 2.10. The van der Waals surface area contributed by atoms with Crippen molar-refractivity contribution < 1.29 is 4.74 Å². The van der Waals surface area contributed by atoms with Crippen molar-refractivity contribution in [3.63, 3.8) is 0 Å². The molecular weight excluding hydrogens is 150 g/mol. The SMILES string of the molecule is C/C=C/CNC(COC)C(C)C. The zero-order chi connectivity index (χ0) is 9.40. The van der Waals surface area contributed by atoms with Gasteiger partial charge >= 0.3 is 0 Å². The summed E-state index contributed by atoms with van der Waals surface area (Å²) in [6, 6.07) is 0.464. The molecule has 0 heterocycles. The van der Waals surface area contributed by atoms with Gasteiger partial charge in [-0.25, -0.2) is 0 Å². The molecule has 0 spiro atoms. The highest BCUT2D eigenvalue weighted by atomic mass is 16.5. The minimum absolute atomic E-state index is 0.464. The standard InChI is InChI=1S/C10H21NO/c1-5-6-7-11-10(8-12-4)9(2)3/h5-6,9-11H,7-8H2,1-4H3/b6-5+. The van der Waals surface area contributed by atoms with E-state index in [1.807, 2.05) is 6.92 Å². The Labute approximate surface area is 76.0 Å². The second kappa shape index (κ2) is 7.32. The van der Waals surface area contributed by atoms with E-state index in [9.17, 15) is 0 Å². The van der Waals surface area contributed by atoms with E-state index in [1.54, 1.807) is 7.11 Å². The molecule has 0 amide bonds. The van der Waals surface area contributed by atoms with Crippen LogP contribution in [0.2, 0.25) is 0 Å². The molecule has 0 aromatic carbocycles. The number of allylic oxidation sites excluding steroid dienone is 1. The maximum Gasteiger partial charge on any atom is 0.0618 e. The second-order valence-corrected chi connectivity index (χ2v) is 3.28. The quantitative estimate of drug-likeness (QED) is 0.616. The van der Waals surface area contributed by atoms with Gasteiger partial charge in [0.2, 0.25) is 0 Å². The van der Waals surface area contributed by atoms with Gasteiger partial charge in [0.1, 0.15) is 0 Å². The van der Waals surface area contributed by atoms with E-state index in [1.165, 1.54) is 0 Å². The van der Waals surface area contributed by atoms with Crippen LogP contribution in [0.3, 0.4) is 0 Å². The van der Waals surface area contributed by atoms with Crippen LogP contribution in [-0.4, -0.2) is 26.3 Å². The molecule has 0 saturated carbocycles. The first-order chi connectivity index (χ1) is 5.72. The van der Waals surface area contributed by atoms with Crippen molar-refractivity contribution in [2.75, 3.05) is 20.3 Å². The Morgan fingerprint density at radius 2 is 2.08 bits per heavy atom. The van der Waals surface area contributed by atoms with E-state index in [-0.39, 0.29) is 0 Å². The van der Waals surface area contributed by atoms with E-state index in [0.717, 1.165) is 13.2 Å². The number of methoxy groups -OCH3 is 1. The van der Waals surface area contributed by atoms with Crippen molar-refractivity contribution in [1.29, 1.82) is 0 Å². The van der Waals surface area contributed by atoms with Crippen molar-refractivity contribution in [1.82, 2.24) is 5.32 Å². The predicted molar refractivity (Wildman–Crippen MR) is 53.3 cm³/mol. The van der Waals surface area contributed by atoms with Gasteiger partial charge in [-0.2, -0.15) is 0 Å². The Morgan fingerprint density at radius 1 is 1.42 bits per heavy atom. The predicted octanol–water partition coefficient (Wildman–Crippen LogP) is 1.82. The maximum atomic E-state index is 5.11. The molecule has 12 heavy (non-hydrogen) atoms. The molecule has 0 rings (SSSR count). The first-order valence-electron chi connectivity index (χ1n) is 4.55. The third-order valence-electron chi connectivity index (χ3n) is 1.88. The van der Waals surface area contributed by atoms with E-state index in [4.69, 9.17) is 4.74 Å². The summed E-state index contributed by atoms with van der Waals surface area (Å²) in [4.78, 5) is 0. The first kappa shape index (κ1) is 11.7. The molecule has 0 bridgehead atoms. The molecule has 0 radical (unpaired) electrons. The highest BCUT2D eigenvalue weighted by molar-refractivity contribution is 4.82. The van der Waals surface area contributed by atoms with Crippen LogP contribution in [0.25, 0.3) is 0 Å². The fourth-order valence-electron chi connectivity index (χ4n) is 1.00. The third-order valence-corrected chi connectivity index (χ3v) is 1.88. The van der Waals surface area contributed by atoms with Crippen molar-refractivity contribution in [2.45, 2.75) is 26.8 Å². The third kappa shape index (κ3) is 5.33. The van der Waals surface area contributed by atoms with E-state index in [0.29, 0.717) is 12.0 Å². The number of ether oxygens (including phenoxy) is 1. The monoisotopic (exact) mass is 171 g/mol. The molecule has 72 valence electrons. The molecule has 0 aliphatic heterocycles. The number of hydrogen-bond donors (Lipinski definition) is 1. The highest BCUT2D eigenvalue weighted by Crippen LogP contribution is 2.00. The number of hydrogen-bond acceptors (Lipinski definition) is 2.